The van der Waals surface area contributed by atoms with E-state index in [1.807, 2.05) is 0 Å². The van der Waals surface area contributed by atoms with Gasteiger partial charge in [0.05, 0.1) is 18.3 Å². The van der Waals surface area contributed by atoms with Crippen molar-refractivity contribution in [2.75, 3.05) is 11.5 Å². The van der Waals surface area contributed by atoms with E-state index in [0.717, 1.165) is 30.6 Å². The van der Waals surface area contributed by atoms with Gasteiger partial charge in [-0.25, -0.2) is 9.69 Å². The Balaban J connectivity index is 1.86. The van der Waals surface area contributed by atoms with Crippen LogP contribution in [-0.2, 0) is 9.59 Å². The van der Waals surface area contributed by atoms with Crippen molar-refractivity contribution in [1.82, 2.24) is 5.32 Å². The first kappa shape index (κ1) is 19.0. The molecule has 0 spiro atoms. The van der Waals surface area contributed by atoms with Crippen molar-refractivity contribution in [3.63, 3.8) is 0 Å². The zero-order valence-corrected chi connectivity index (χ0v) is 15.3. The normalized spacial score (nSPS) is 26.4. The van der Waals surface area contributed by atoms with Crippen LogP contribution >= 0.6 is 0 Å². The average Bonchev–Trinajstić information content (AvgIpc) is 2.64. The fourth-order valence-corrected chi connectivity index (χ4v) is 3.39. The molecule has 0 bridgehead atoms. The third-order valence-corrected chi connectivity index (χ3v) is 4.82. The van der Waals surface area contributed by atoms with E-state index >= 15 is 0 Å². The highest BCUT2D eigenvalue weighted by atomic mass is 16.5. The zero-order chi connectivity index (χ0) is 19.4. The van der Waals surface area contributed by atoms with Gasteiger partial charge >= 0.3 is 6.03 Å². The summed E-state index contributed by atoms with van der Waals surface area (Å²) in [6, 6.07) is 5.73. The molecule has 0 radical (unpaired) electrons. The number of aliphatic imine (C=N–C) groups is 1. The maximum atomic E-state index is 12.9. The molecule has 144 valence electrons. The minimum absolute atomic E-state index is 0.0758. The van der Waals surface area contributed by atoms with E-state index in [4.69, 9.17) is 10.5 Å². The van der Waals surface area contributed by atoms with Gasteiger partial charge in [-0.15, -0.1) is 0 Å². The van der Waals surface area contributed by atoms with Crippen LogP contribution in [0.5, 0.6) is 5.75 Å². The van der Waals surface area contributed by atoms with Crippen LogP contribution in [0.2, 0.25) is 0 Å². The Morgan fingerprint density at radius 1 is 1.26 bits per heavy atom. The van der Waals surface area contributed by atoms with Crippen molar-refractivity contribution in [2.45, 2.75) is 44.7 Å². The highest BCUT2D eigenvalue weighted by Crippen LogP contribution is 2.30. The van der Waals surface area contributed by atoms with Crippen LogP contribution in [0.25, 0.3) is 0 Å². The van der Waals surface area contributed by atoms with Gasteiger partial charge in [-0.3, -0.25) is 19.9 Å². The quantitative estimate of drug-likeness (QED) is 0.602. The summed E-state index contributed by atoms with van der Waals surface area (Å²) in [4.78, 5) is 42.8. The number of carbonyl (C=O) groups is 3. The third-order valence-electron chi connectivity index (χ3n) is 4.82. The van der Waals surface area contributed by atoms with Crippen molar-refractivity contribution in [3.8, 4) is 5.75 Å². The topological polar surface area (TPSA) is 114 Å². The number of amides is 4. The molecule has 1 aromatic rings. The van der Waals surface area contributed by atoms with Crippen molar-refractivity contribution in [1.29, 1.82) is 0 Å². The van der Waals surface area contributed by atoms with Gasteiger partial charge in [-0.1, -0.05) is 25.0 Å². The number of ether oxygens (including phenoxy) is 1. The Kier molecular flexibility index (Phi) is 5.85. The van der Waals surface area contributed by atoms with Crippen molar-refractivity contribution in [2.24, 2.45) is 16.6 Å². The van der Waals surface area contributed by atoms with E-state index in [2.05, 4.69) is 10.3 Å². The lowest BCUT2D eigenvalue weighted by Gasteiger charge is -2.30. The van der Waals surface area contributed by atoms with E-state index < -0.39 is 23.8 Å². The molecule has 1 aliphatic heterocycles. The molecule has 0 unspecified atom stereocenters. The van der Waals surface area contributed by atoms with Crippen LogP contribution in [0.3, 0.4) is 0 Å². The van der Waals surface area contributed by atoms with Gasteiger partial charge < -0.3 is 10.5 Å². The molecule has 1 heterocycles. The van der Waals surface area contributed by atoms with Gasteiger partial charge in [0, 0.05) is 12.3 Å². The first-order valence-electron chi connectivity index (χ1n) is 9.22. The number of hydrogen-bond donors (Lipinski definition) is 2. The number of benzene rings is 1. The minimum atomic E-state index is -1.17. The number of anilines is 1. The number of para-hydroxylation sites is 2. The van der Waals surface area contributed by atoms with Crippen molar-refractivity contribution < 1.29 is 19.1 Å². The van der Waals surface area contributed by atoms with Crippen LogP contribution < -0.4 is 20.7 Å². The molecule has 3 rings (SSSR count). The molecule has 1 aliphatic carbocycles. The lowest BCUT2D eigenvalue weighted by Crippen LogP contribution is -2.58. The number of barbiturate groups is 1. The SMILES string of the molecule is CCOc1ccccc1N1C(=O)NC(=O)[C@@H](C=N[C@@H]2CCCC[C@H]2N)C1=O. The number of urea groups is 1. The first-order valence-corrected chi connectivity index (χ1v) is 9.22. The molecule has 8 nitrogen and oxygen atoms in total. The average molecular weight is 372 g/mol. The summed E-state index contributed by atoms with van der Waals surface area (Å²) in [7, 11) is 0. The largest absolute Gasteiger partial charge is 0.492 e. The fourth-order valence-electron chi connectivity index (χ4n) is 3.39. The van der Waals surface area contributed by atoms with Crippen LogP contribution in [0, 0.1) is 5.92 Å². The van der Waals surface area contributed by atoms with Crippen molar-refractivity contribution in [3.05, 3.63) is 24.3 Å². The summed E-state index contributed by atoms with van der Waals surface area (Å²) in [6.45, 7) is 2.19. The maximum absolute atomic E-state index is 12.9. The molecule has 2 aliphatic rings. The summed E-state index contributed by atoms with van der Waals surface area (Å²) in [5.74, 6) is -2.11. The standard InChI is InChI=1S/C19H24N4O4/c1-2-27-16-10-6-5-9-15(16)23-18(25)12(17(24)22-19(23)26)11-21-14-8-4-3-7-13(14)20/h5-6,9-14H,2-4,7-8,20H2,1H3,(H,22,24,26)/t12-,13-,14-/m1/s1. The molecule has 3 N–H and O–H groups in total. The second kappa shape index (κ2) is 8.30. The zero-order valence-electron chi connectivity index (χ0n) is 15.3. The second-order valence-electron chi connectivity index (χ2n) is 6.66. The summed E-state index contributed by atoms with van der Waals surface area (Å²) in [5, 5.41) is 2.23. The molecule has 1 aromatic carbocycles. The second-order valence-corrected chi connectivity index (χ2v) is 6.66. The van der Waals surface area contributed by atoms with Crippen molar-refractivity contribution >= 4 is 29.7 Å². The molecule has 2 fully saturated rings. The van der Waals surface area contributed by atoms with E-state index in [9.17, 15) is 14.4 Å². The Bertz CT molecular complexity index is 764. The van der Waals surface area contributed by atoms with E-state index in [0.29, 0.717) is 18.0 Å². The number of rotatable bonds is 5. The molecule has 3 atom stereocenters. The molecular weight excluding hydrogens is 348 g/mol. The minimum Gasteiger partial charge on any atom is -0.492 e. The van der Waals surface area contributed by atoms with Gasteiger partial charge in [0.2, 0.25) is 5.91 Å². The number of hydrogen-bond acceptors (Lipinski definition) is 6. The monoisotopic (exact) mass is 372 g/mol. The fraction of sp³-hybridized carbons (Fsp3) is 0.474. The number of carbonyl (C=O) groups excluding carboxylic acids is 3. The van der Waals surface area contributed by atoms with Crippen LogP contribution in [0.1, 0.15) is 32.6 Å². The Labute approximate surface area is 157 Å². The summed E-state index contributed by atoms with van der Waals surface area (Å²) < 4.78 is 5.51. The van der Waals surface area contributed by atoms with Crippen LogP contribution in [0.4, 0.5) is 10.5 Å². The Morgan fingerprint density at radius 3 is 2.74 bits per heavy atom. The summed E-state index contributed by atoms with van der Waals surface area (Å²) in [5.41, 5.74) is 6.37. The maximum Gasteiger partial charge on any atom is 0.335 e. The number of nitrogens with two attached hydrogens (primary N) is 1. The van der Waals surface area contributed by atoms with Crippen LogP contribution in [-0.4, -0.2) is 42.8 Å². The molecule has 27 heavy (non-hydrogen) atoms. The predicted molar refractivity (Wildman–Crippen MR) is 101 cm³/mol. The van der Waals surface area contributed by atoms with E-state index in [1.165, 1.54) is 6.21 Å². The lowest BCUT2D eigenvalue weighted by atomic mass is 9.91. The highest BCUT2D eigenvalue weighted by molar-refractivity contribution is 6.32. The summed E-state index contributed by atoms with van der Waals surface area (Å²) >= 11 is 0. The number of nitrogens with zero attached hydrogens (tertiary/aromatic N) is 2. The van der Waals surface area contributed by atoms with Gasteiger partial charge in [0.15, 0.2) is 5.92 Å². The van der Waals surface area contributed by atoms with Gasteiger partial charge in [-0.2, -0.15) is 0 Å². The molecule has 8 heteroatoms. The first-order chi connectivity index (χ1) is 13.0. The van der Waals surface area contributed by atoms with Gasteiger partial charge in [0.25, 0.3) is 5.91 Å². The molecule has 0 aromatic heterocycles. The molecule has 1 saturated carbocycles. The molecule has 4 amide bonds. The van der Waals surface area contributed by atoms with Gasteiger partial charge in [-0.05, 0) is 31.9 Å². The summed E-state index contributed by atoms with van der Waals surface area (Å²) in [6.07, 6.45) is 5.12. The van der Waals surface area contributed by atoms with Gasteiger partial charge in [0.1, 0.15) is 5.75 Å². The van der Waals surface area contributed by atoms with Crippen LogP contribution in [0.15, 0.2) is 29.3 Å². The Hall–Kier alpha value is -2.74. The number of nitrogens with one attached hydrogen (secondary N) is 1. The molecular formula is C19H24N4O4. The molecule has 1 saturated heterocycles. The van der Waals surface area contributed by atoms with E-state index in [1.54, 1.807) is 31.2 Å². The van der Waals surface area contributed by atoms with E-state index in [-0.39, 0.29) is 12.1 Å². The predicted octanol–water partition coefficient (Wildman–Crippen LogP) is 1.62. The number of imide groups is 2. The Morgan fingerprint density at radius 2 is 2.00 bits per heavy atom. The highest BCUT2D eigenvalue weighted by Gasteiger charge is 2.41. The smallest absolute Gasteiger partial charge is 0.335 e. The lowest BCUT2D eigenvalue weighted by molar-refractivity contribution is -0.131. The third kappa shape index (κ3) is 4.00.